The Morgan fingerprint density at radius 2 is 2.26 bits per heavy atom. The first-order chi connectivity index (χ1) is 9.08. The van der Waals surface area contributed by atoms with Gasteiger partial charge < -0.3 is 10.3 Å². The molecule has 2 N–H and O–H groups in total. The lowest BCUT2D eigenvalue weighted by atomic mass is 10.0. The van der Waals surface area contributed by atoms with Gasteiger partial charge in [0, 0.05) is 19.4 Å². The zero-order chi connectivity index (χ0) is 13.8. The van der Waals surface area contributed by atoms with Gasteiger partial charge in [-0.15, -0.1) is 0 Å². The van der Waals surface area contributed by atoms with E-state index in [2.05, 4.69) is 39.2 Å². The molecule has 2 aromatic heterocycles. The summed E-state index contributed by atoms with van der Waals surface area (Å²) >= 11 is 0. The van der Waals surface area contributed by atoms with Gasteiger partial charge >= 0.3 is 0 Å². The van der Waals surface area contributed by atoms with Crippen LogP contribution < -0.4 is 5.32 Å². The molecule has 2 heterocycles. The van der Waals surface area contributed by atoms with Crippen LogP contribution in [0, 0.1) is 5.92 Å². The average molecular weight is 262 g/mol. The molecule has 0 aliphatic rings. The number of carbonyl (C=O) groups excluding carboxylic acids is 1. The number of imidazole rings is 1. The number of aromatic nitrogens is 5. The van der Waals surface area contributed by atoms with Crippen LogP contribution in [0.1, 0.15) is 42.8 Å². The molecule has 0 fully saturated rings. The summed E-state index contributed by atoms with van der Waals surface area (Å²) in [6, 6.07) is -0.176. The van der Waals surface area contributed by atoms with Crippen molar-refractivity contribution in [3.63, 3.8) is 0 Å². The third kappa shape index (κ3) is 3.18. The summed E-state index contributed by atoms with van der Waals surface area (Å²) in [4.78, 5) is 23.0. The Labute approximate surface area is 111 Å². The summed E-state index contributed by atoms with van der Waals surface area (Å²) in [5.74, 6) is 1.24. The molecule has 102 valence electrons. The van der Waals surface area contributed by atoms with Crippen molar-refractivity contribution < 1.29 is 4.79 Å². The topological polar surface area (TPSA) is 88.5 Å². The van der Waals surface area contributed by atoms with Crippen molar-refractivity contribution in [3.8, 4) is 0 Å². The van der Waals surface area contributed by atoms with E-state index in [0.29, 0.717) is 11.7 Å². The third-order valence-electron chi connectivity index (χ3n) is 2.78. The fraction of sp³-hybridized carbons (Fsp3) is 0.500. The first-order valence-electron chi connectivity index (χ1n) is 6.22. The maximum Gasteiger partial charge on any atom is 0.287 e. The number of nitrogens with zero attached hydrogens (tertiary/aromatic N) is 4. The number of hydrogen-bond donors (Lipinski definition) is 2. The van der Waals surface area contributed by atoms with Crippen molar-refractivity contribution in [2.24, 2.45) is 13.0 Å². The Bertz CT molecular complexity index is 530. The quantitative estimate of drug-likeness (QED) is 0.843. The molecular formula is C12H18N6O. The van der Waals surface area contributed by atoms with Crippen molar-refractivity contribution in [1.29, 1.82) is 0 Å². The van der Waals surface area contributed by atoms with Crippen LogP contribution in [0.2, 0.25) is 0 Å². The van der Waals surface area contributed by atoms with Gasteiger partial charge in [0.25, 0.3) is 5.91 Å². The summed E-state index contributed by atoms with van der Waals surface area (Å²) < 4.78 is 1.68. The number of carbonyl (C=O) groups is 1. The highest BCUT2D eigenvalue weighted by Gasteiger charge is 2.21. The number of aromatic amines is 1. The molecule has 7 nitrogen and oxygen atoms in total. The molecule has 0 bridgehead atoms. The lowest BCUT2D eigenvalue weighted by Crippen LogP contribution is -2.32. The maximum absolute atomic E-state index is 12.0. The van der Waals surface area contributed by atoms with Gasteiger partial charge in [-0.25, -0.2) is 9.97 Å². The lowest BCUT2D eigenvalue weighted by Gasteiger charge is -2.19. The number of H-pyrrole nitrogens is 1. The molecule has 1 unspecified atom stereocenters. The summed E-state index contributed by atoms with van der Waals surface area (Å²) in [5, 5.41) is 6.98. The third-order valence-corrected chi connectivity index (χ3v) is 2.78. The Morgan fingerprint density at radius 1 is 1.47 bits per heavy atom. The summed E-state index contributed by atoms with van der Waals surface area (Å²) in [6.07, 6.45) is 5.45. The van der Waals surface area contributed by atoms with Crippen LogP contribution in [0.4, 0.5) is 0 Å². The van der Waals surface area contributed by atoms with E-state index in [-0.39, 0.29) is 11.9 Å². The molecule has 0 spiro atoms. The fourth-order valence-corrected chi connectivity index (χ4v) is 1.94. The SMILES string of the molecule is CC(C)CC(NC(=O)c1ncc[nH]1)c1ncnn1C. The summed E-state index contributed by atoms with van der Waals surface area (Å²) in [7, 11) is 1.81. The van der Waals surface area contributed by atoms with Crippen LogP contribution in [0.15, 0.2) is 18.7 Å². The molecule has 0 aliphatic heterocycles. The second-order valence-electron chi connectivity index (χ2n) is 4.84. The second kappa shape index (κ2) is 5.64. The molecule has 1 amide bonds. The van der Waals surface area contributed by atoms with Crippen molar-refractivity contribution in [3.05, 3.63) is 30.4 Å². The monoisotopic (exact) mass is 262 g/mol. The molecule has 0 aromatic carbocycles. The van der Waals surface area contributed by atoms with Gasteiger partial charge in [0.05, 0.1) is 6.04 Å². The van der Waals surface area contributed by atoms with Crippen LogP contribution >= 0.6 is 0 Å². The second-order valence-corrected chi connectivity index (χ2v) is 4.84. The zero-order valence-corrected chi connectivity index (χ0v) is 11.3. The lowest BCUT2D eigenvalue weighted by molar-refractivity contribution is 0.0919. The fourth-order valence-electron chi connectivity index (χ4n) is 1.94. The van der Waals surface area contributed by atoms with Gasteiger partial charge in [0.15, 0.2) is 5.82 Å². The van der Waals surface area contributed by atoms with E-state index >= 15 is 0 Å². The first kappa shape index (κ1) is 13.3. The molecule has 0 radical (unpaired) electrons. The van der Waals surface area contributed by atoms with Crippen molar-refractivity contribution in [1.82, 2.24) is 30.0 Å². The standard InChI is InChI=1S/C12H18N6O/c1-8(2)6-9(11-15-7-16-18(11)3)17-12(19)10-13-4-5-14-10/h4-5,7-9H,6H2,1-3H3,(H,13,14)(H,17,19). The Hall–Kier alpha value is -2.18. The predicted molar refractivity (Wildman–Crippen MR) is 69.3 cm³/mol. The Kier molecular flexibility index (Phi) is 3.94. The predicted octanol–water partition coefficient (Wildman–Crippen LogP) is 1.06. The molecule has 0 saturated heterocycles. The van der Waals surface area contributed by atoms with E-state index in [0.717, 1.165) is 12.2 Å². The number of rotatable bonds is 5. The normalized spacial score (nSPS) is 12.6. The number of nitrogens with one attached hydrogen (secondary N) is 2. The summed E-state index contributed by atoms with van der Waals surface area (Å²) in [6.45, 7) is 4.20. The Balaban J connectivity index is 2.15. The van der Waals surface area contributed by atoms with Crippen molar-refractivity contribution in [2.45, 2.75) is 26.3 Å². The molecule has 19 heavy (non-hydrogen) atoms. The number of aryl methyl sites for hydroxylation is 1. The van der Waals surface area contributed by atoms with Crippen LogP contribution in [0.25, 0.3) is 0 Å². The van der Waals surface area contributed by atoms with Gasteiger partial charge in [-0.1, -0.05) is 13.8 Å². The number of amides is 1. The average Bonchev–Trinajstić information content (AvgIpc) is 2.97. The van der Waals surface area contributed by atoms with E-state index in [9.17, 15) is 4.79 Å². The minimum Gasteiger partial charge on any atom is -0.341 e. The minimum absolute atomic E-state index is 0.176. The largest absolute Gasteiger partial charge is 0.341 e. The summed E-state index contributed by atoms with van der Waals surface area (Å²) in [5.41, 5.74) is 0. The molecule has 2 aromatic rings. The molecule has 7 heteroatoms. The van der Waals surface area contributed by atoms with Crippen molar-refractivity contribution >= 4 is 5.91 Å². The van der Waals surface area contributed by atoms with Crippen LogP contribution in [-0.2, 0) is 7.05 Å². The highest BCUT2D eigenvalue weighted by atomic mass is 16.2. The highest BCUT2D eigenvalue weighted by Crippen LogP contribution is 2.19. The smallest absolute Gasteiger partial charge is 0.287 e. The van der Waals surface area contributed by atoms with Gasteiger partial charge in [-0.2, -0.15) is 5.10 Å². The molecule has 0 saturated carbocycles. The van der Waals surface area contributed by atoms with Gasteiger partial charge in [-0.05, 0) is 12.3 Å². The van der Waals surface area contributed by atoms with Crippen LogP contribution in [0.5, 0.6) is 0 Å². The zero-order valence-electron chi connectivity index (χ0n) is 11.3. The van der Waals surface area contributed by atoms with E-state index < -0.39 is 0 Å². The number of hydrogen-bond acceptors (Lipinski definition) is 4. The Morgan fingerprint density at radius 3 is 2.79 bits per heavy atom. The van der Waals surface area contributed by atoms with E-state index in [1.165, 1.54) is 6.33 Å². The van der Waals surface area contributed by atoms with E-state index in [4.69, 9.17) is 0 Å². The van der Waals surface area contributed by atoms with E-state index in [1.54, 1.807) is 17.1 Å². The van der Waals surface area contributed by atoms with E-state index in [1.807, 2.05) is 7.05 Å². The van der Waals surface area contributed by atoms with Crippen LogP contribution in [0.3, 0.4) is 0 Å². The van der Waals surface area contributed by atoms with Crippen LogP contribution in [-0.4, -0.2) is 30.6 Å². The molecule has 1 atom stereocenters. The van der Waals surface area contributed by atoms with Gasteiger partial charge in [0.2, 0.25) is 0 Å². The molecule has 0 aliphatic carbocycles. The molecular weight excluding hydrogens is 244 g/mol. The van der Waals surface area contributed by atoms with Crippen molar-refractivity contribution in [2.75, 3.05) is 0 Å². The molecule has 2 rings (SSSR count). The first-order valence-corrected chi connectivity index (χ1v) is 6.22. The van der Waals surface area contributed by atoms with Gasteiger partial charge in [0.1, 0.15) is 12.2 Å². The minimum atomic E-state index is -0.237. The van der Waals surface area contributed by atoms with Gasteiger partial charge in [-0.3, -0.25) is 9.48 Å². The highest BCUT2D eigenvalue weighted by molar-refractivity contribution is 5.90. The maximum atomic E-state index is 12.0.